The van der Waals surface area contributed by atoms with E-state index in [9.17, 15) is 5.26 Å². The van der Waals surface area contributed by atoms with E-state index in [0.29, 0.717) is 5.92 Å². The molecular weight excluding hydrogens is 332 g/mol. The Hall–Kier alpha value is -3.12. The van der Waals surface area contributed by atoms with Gasteiger partial charge in [0, 0.05) is 28.5 Å². The zero-order valence-electron chi connectivity index (χ0n) is 16.2. The topological polar surface area (TPSA) is 40.8 Å². The van der Waals surface area contributed by atoms with Crippen molar-refractivity contribution in [2.45, 2.75) is 27.2 Å². The van der Waals surface area contributed by atoms with Crippen LogP contribution in [0.3, 0.4) is 0 Å². The van der Waals surface area contributed by atoms with Crippen molar-refractivity contribution in [3.05, 3.63) is 65.4 Å². The molecule has 0 unspecified atom stereocenters. The van der Waals surface area contributed by atoms with Crippen LogP contribution in [-0.4, -0.2) is 0 Å². The Bertz CT molecular complexity index is 1210. The fraction of sp³-hybridized carbons (Fsp3) is 0.250. The zero-order valence-corrected chi connectivity index (χ0v) is 16.2. The van der Waals surface area contributed by atoms with Crippen LogP contribution in [0.25, 0.3) is 33.2 Å². The number of aryl methyl sites for hydroxylation is 2. The van der Waals surface area contributed by atoms with Crippen molar-refractivity contribution in [3.63, 3.8) is 0 Å². The number of rotatable bonds is 3. The summed E-state index contributed by atoms with van der Waals surface area (Å²) in [4.78, 5) is 0. The van der Waals surface area contributed by atoms with Crippen molar-refractivity contribution >= 4 is 21.9 Å². The zero-order chi connectivity index (χ0) is 19.1. The molecule has 0 radical (unpaired) electrons. The van der Waals surface area contributed by atoms with Gasteiger partial charge in [0.1, 0.15) is 24.3 Å². The lowest BCUT2D eigenvalue weighted by molar-refractivity contribution is -0.660. The van der Waals surface area contributed by atoms with Crippen LogP contribution in [0.2, 0.25) is 0 Å². The van der Waals surface area contributed by atoms with Crippen LogP contribution in [0.1, 0.15) is 30.5 Å². The molecule has 2 heterocycles. The van der Waals surface area contributed by atoms with Crippen molar-refractivity contribution < 1.29 is 8.98 Å². The molecule has 0 amide bonds. The second-order valence-electron chi connectivity index (χ2n) is 7.64. The number of benzene rings is 2. The van der Waals surface area contributed by atoms with Gasteiger partial charge in [-0.3, -0.25) is 0 Å². The fourth-order valence-corrected chi connectivity index (χ4v) is 3.88. The van der Waals surface area contributed by atoms with Gasteiger partial charge in [-0.05, 0) is 54.7 Å². The van der Waals surface area contributed by atoms with Crippen LogP contribution in [0, 0.1) is 24.2 Å². The maximum atomic E-state index is 9.90. The number of nitrogens with zero attached hydrogens (tertiary/aromatic N) is 2. The second-order valence-corrected chi connectivity index (χ2v) is 7.64. The normalized spacial score (nSPS) is 11.4. The van der Waals surface area contributed by atoms with E-state index in [1.54, 1.807) is 0 Å². The molecule has 0 saturated carbocycles. The molecule has 0 aliphatic carbocycles. The Balaban J connectivity index is 2.06. The molecule has 0 fully saturated rings. The maximum Gasteiger partial charge on any atom is 0.212 e. The largest absolute Gasteiger partial charge is 0.456 e. The molecule has 3 nitrogen and oxygen atoms in total. The van der Waals surface area contributed by atoms with Gasteiger partial charge in [-0.15, -0.1) is 0 Å². The minimum atomic E-state index is 0.494. The lowest BCUT2D eigenvalue weighted by Gasteiger charge is -2.08. The summed E-state index contributed by atoms with van der Waals surface area (Å²) in [5, 5.41) is 11.8. The number of pyridine rings is 1. The summed E-state index contributed by atoms with van der Waals surface area (Å²) in [5.74, 6) is 0.494. The third kappa shape index (κ3) is 2.88. The lowest BCUT2D eigenvalue weighted by atomic mass is 9.94. The van der Waals surface area contributed by atoms with E-state index in [1.807, 2.05) is 37.5 Å². The van der Waals surface area contributed by atoms with Gasteiger partial charge in [0.2, 0.25) is 5.69 Å². The summed E-state index contributed by atoms with van der Waals surface area (Å²) in [6, 6.07) is 16.9. The van der Waals surface area contributed by atoms with Crippen LogP contribution < -0.4 is 4.57 Å². The van der Waals surface area contributed by atoms with Gasteiger partial charge in [-0.25, -0.2) is 4.57 Å². The van der Waals surface area contributed by atoms with Crippen molar-refractivity contribution in [3.8, 4) is 17.3 Å². The van der Waals surface area contributed by atoms with Crippen LogP contribution in [0.15, 0.2) is 53.1 Å². The van der Waals surface area contributed by atoms with Gasteiger partial charge < -0.3 is 4.42 Å². The molecule has 0 saturated heterocycles. The predicted octanol–water partition coefficient (Wildman–Crippen LogP) is 5.46. The summed E-state index contributed by atoms with van der Waals surface area (Å²) >= 11 is 0. The Morgan fingerprint density at radius 1 is 1.11 bits per heavy atom. The standard InChI is InChI=1S/C24H23N2O/c1-15(2)11-17-8-9-22-24(20(17)14-25)19-13-18(16(3)12-23(19)27-22)21-7-5-6-10-26(21)4/h5-10,12-13,15H,11H2,1-4H3/q+1. The summed E-state index contributed by atoms with van der Waals surface area (Å²) in [7, 11) is 2.05. The first-order valence-electron chi connectivity index (χ1n) is 9.33. The summed E-state index contributed by atoms with van der Waals surface area (Å²) in [6.45, 7) is 6.45. The monoisotopic (exact) mass is 355 g/mol. The van der Waals surface area contributed by atoms with Crippen molar-refractivity contribution in [1.82, 2.24) is 0 Å². The highest BCUT2D eigenvalue weighted by molar-refractivity contribution is 6.09. The molecular formula is C24H23N2O+. The van der Waals surface area contributed by atoms with Crippen LogP contribution in [-0.2, 0) is 13.5 Å². The molecule has 4 aromatic rings. The third-order valence-electron chi connectivity index (χ3n) is 5.14. The molecule has 0 bridgehead atoms. The fourth-order valence-electron chi connectivity index (χ4n) is 3.88. The Morgan fingerprint density at radius 3 is 2.63 bits per heavy atom. The molecule has 134 valence electrons. The lowest BCUT2D eigenvalue weighted by Crippen LogP contribution is -2.30. The Kier molecular flexibility index (Phi) is 4.20. The summed E-state index contributed by atoms with van der Waals surface area (Å²) < 4.78 is 8.22. The van der Waals surface area contributed by atoms with Gasteiger partial charge in [0.25, 0.3) is 0 Å². The van der Waals surface area contributed by atoms with Crippen LogP contribution >= 0.6 is 0 Å². The van der Waals surface area contributed by atoms with Crippen LogP contribution in [0.5, 0.6) is 0 Å². The van der Waals surface area contributed by atoms with E-state index in [4.69, 9.17) is 4.42 Å². The number of fused-ring (bicyclic) bond motifs is 3. The number of hydrogen-bond donors (Lipinski definition) is 0. The molecule has 2 aromatic heterocycles. The third-order valence-corrected chi connectivity index (χ3v) is 5.14. The minimum absolute atomic E-state index is 0.494. The minimum Gasteiger partial charge on any atom is -0.456 e. The quantitative estimate of drug-likeness (QED) is 0.458. The number of hydrogen-bond acceptors (Lipinski definition) is 2. The molecule has 2 aromatic carbocycles. The Morgan fingerprint density at radius 2 is 1.93 bits per heavy atom. The van der Waals surface area contributed by atoms with Crippen molar-refractivity contribution in [2.75, 3.05) is 0 Å². The van der Waals surface area contributed by atoms with E-state index in [-0.39, 0.29) is 0 Å². The van der Waals surface area contributed by atoms with Gasteiger partial charge in [0.05, 0.1) is 5.56 Å². The number of furan rings is 1. The molecule has 27 heavy (non-hydrogen) atoms. The molecule has 3 heteroatoms. The second kappa shape index (κ2) is 6.55. The molecule has 0 N–H and O–H groups in total. The van der Waals surface area contributed by atoms with E-state index < -0.39 is 0 Å². The van der Waals surface area contributed by atoms with E-state index in [0.717, 1.165) is 56.3 Å². The van der Waals surface area contributed by atoms with Gasteiger partial charge >= 0.3 is 0 Å². The van der Waals surface area contributed by atoms with E-state index in [1.165, 1.54) is 0 Å². The van der Waals surface area contributed by atoms with Crippen LogP contribution in [0.4, 0.5) is 0 Å². The highest BCUT2D eigenvalue weighted by Gasteiger charge is 2.19. The van der Waals surface area contributed by atoms with Crippen molar-refractivity contribution in [1.29, 1.82) is 5.26 Å². The molecule has 0 aliphatic heterocycles. The predicted molar refractivity (Wildman–Crippen MR) is 108 cm³/mol. The van der Waals surface area contributed by atoms with E-state index in [2.05, 4.69) is 49.6 Å². The summed E-state index contributed by atoms with van der Waals surface area (Å²) in [6.07, 6.45) is 2.94. The highest BCUT2D eigenvalue weighted by atomic mass is 16.3. The van der Waals surface area contributed by atoms with E-state index >= 15 is 0 Å². The highest BCUT2D eigenvalue weighted by Crippen LogP contribution is 2.36. The van der Waals surface area contributed by atoms with Gasteiger partial charge in [-0.1, -0.05) is 19.9 Å². The number of aromatic nitrogens is 1. The first-order chi connectivity index (χ1) is 13.0. The maximum absolute atomic E-state index is 9.90. The SMILES string of the molecule is Cc1cc2oc3ccc(CC(C)C)c(C#N)c3c2cc1-c1cccc[n+]1C. The molecule has 0 atom stereocenters. The molecule has 4 rings (SSSR count). The smallest absolute Gasteiger partial charge is 0.212 e. The average molecular weight is 355 g/mol. The number of nitriles is 1. The van der Waals surface area contributed by atoms with Gasteiger partial charge in [0.15, 0.2) is 6.20 Å². The average Bonchev–Trinajstić information content (AvgIpc) is 2.98. The molecule has 0 spiro atoms. The van der Waals surface area contributed by atoms with Gasteiger partial charge in [-0.2, -0.15) is 5.26 Å². The molecule has 0 aliphatic rings. The van der Waals surface area contributed by atoms with Crippen molar-refractivity contribution in [2.24, 2.45) is 13.0 Å². The first-order valence-corrected chi connectivity index (χ1v) is 9.33. The first kappa shape index (κ1) is 17.3. The Labute approximate surface area is 159 Å². The summed E-state index contributed by atoms with van der Waals surface area (Å²) in [5.41, 5.74) is 6.91.